The van der Waals surface area contributed by atoms with Crippen molar-refractivity contribution in [3.05, 3.63) is 51.7 Å². The summed E-state index contributed by atoms with van der Waals surface area (Å²) in [5.74, 6) is -0.338. The first-order chi connectivity index (χ1) is 7.61. The molecule has 5 nitrogen and oxygen atoms in total. The molecule has 1 aromatic rings. The molecule has 0 bridgehead atoms. The third kappa shape index (κ3) is 3.91. The van der Waals surface area contributed by atoms with E-state index in [1.54, 1.807) is 24.3 Å². The van der Waals surface area contributed by atoms with Crippen molar-refractivity contribution in [3.63, 3.8) is 0 Å². The molecule has 5 heteroatoms. The Balaban J connectivity index is 2.78. The fraction of sp³-hybridized carbons (Fsp3) is 0.182. The predicted molar refractivity (Wildman–Crippen MR) is 58.2 cm³/mol. The van der Waals surface area contributed by atoms with Gasteiger partial charge < -0.3 is 4.74 Å². The second kappa shape index (κ2) is 5.65. The van der Waals surface area contributed by atoms with Gasteiger partial charge in [-0.3, -0.25) is 14.9 Å². The molecule has 0 spiro atoms. The molecule has 0 atom stereocenters. The summed E-state index contributed by atoms with van der Waals surface area (Å²) >= 11 is 0. The number of nitro groups is 1. The van der Waals surface area contributed by atoms with E-state index in [1.807, 2.05) is 0 Å². The van der Waals surface area contributed by atoms with Crippen LogP contribution in [-0.4, -0.2) is 18.0 Å². The first-order valence-corrected chi connectivity index (χ1v) is 4.59. The van der Waals surface area contributed by atoms with E-state index in [9.17, 15) is 14.9 Å². The van der Waals surface area contributed by atoms with Crippen LogP contribution in [0, 0.1) is 10.1 Å². The minimum Gasteiger partial charge on any atom is -0.469 e. The molecular weight excluding hydrogens is 210 g/mol. The molecule has 0 saturated heterocycles. The van der Waals surface area contributed by atoms with Crippen molar-refractivity contribution in [1.82, 2.24) is 0 Å². The lowest BCUT2D eigenvalue weighted by molar-refractivity contribution is -0.400. The number of carbonyl (C=O) groups excluding carboxylic acids is 1. The maximum Gasteiger partial charge on any atom is 0.309 e. The summed E-state index contributed by atoms with van der Waals surface area (Å²) in [6.07, 6.45) is 2.40. The van der Waals surface area contributed by atoms with Gasteiger partial charge in [-0.05, 0) is 11.1 Å². The zero-order valence-electron chi connectivity index (χ0n) is 8.75. The summed E-state index contributed by atoms with van der Waals surface area (Å²) in [5, 5.41) is 10.1. The van der Waals surface area contributed by atoms with Crippen LogP contribution in [0.15, 0.2) is 30.5 Å². The van der Waals surface area contributed by atoms with Crippen molar-refractivity contribution < 1.29 is 14.5 Å². The van der Waals surface area contributed by atoms with Crippen LogP contribution < -0.4 is 0 Å². The molecule has 0 saturated carbocycles. The molecule has 0 aliphatic rings. The first kappa shape index (κ1) is 11.9. The molecule has 16 heavy (non-hydrogen) atoms. The number of hydrogen-bond acceptors (Lipinski definition) is 4. The molecule has 0 aliphatic carbocycles. The number of benzene rings is 1. The summed E-state index contributed by atoms with van der Waals surface area (Å²) in [7, 11) is 1.32. The molecule has 0 aromatic heterocycles. The van der Waals surface area contributed by atoms with Crippen molar-refractivity contribution in [2.24, 2.45) is 0 Å². The molecular formula is C11H11NO4. The quantitative estimate of drug-likeness (QED) is 0.440. The lowest BCUT2D eigenvalue weighted by atomic mass is 10.1. The Morgan fingerprint density at radius 3 is 2.94 bits per heavy atom. The molecule has 0 heterocycles. The van der Waals surface area contributed by atoms with Crippen LogP contribution in [0.3, 0.4) is 0 Å². The van der Waals surface area contributed by atoms with E-state index in [-0.39, 0.29) is 12.4 Å². The van der Waals surface area contributed by atoms with Gasteiger partial charge in [0.1, 0.15) is 0 Å². The molecule has 1 rings (SSSR count). The first-order valence-electron chi connectivity index (χ1n) is 4.59. The van der Waals surface area contributed by atoms with Gasteiger partial charge in [0, 0.05) is 6.08 Å². The number of rotatable bonds is 4. The average molecular weight is 221 g/mol. The maximum atomic E-state index is 11.0. The highest BCUT2D eigenvalue weighted by Gasteiger charge is 2.02. The Morgan fingerprint density at radius 2 is 2.31 bits per heavy atom. The van der Waals surface area contributed by atoms with Crippen molar-refractivity contribution in [2.45, 2.75) is 6.42 Å². The van der Waals surface area contributed by atoms with Gasteiger partial charge in [0.15, 0.2) is 0 Å². The zero-order chi connectivity index (χ0) is 12.0. The van der Waals surface area contributed by atoms with E-state index < -0.39 is 4.92 Å². The molecule has 0 unspecified atom stereocenters. The monoisotopic (exact) mass is 221 g/mol. The second-order valence-corrected chi connectivity index (χ2v) is 3.10. The molecule has 0 aliphatic heterocycles. The van der Waals surface area contributed by atoms with Crippen LogP contribution in [0.2, 0.25) is 0 Å². The van der Waals surface area contributed by atoms with E-state index in [1.165, 1.54) is 13.2 Å². The second-order valence-electron chi connectivity index (χ2n) is 3.10. The maximum absolute atomic E-state index is 11.0. The zero-order valence-corrected chi connectivity index (χ0v) is 8.75. The number of carbonyl (C=O) groups is 1. The number of nitrogens with zero attached hydrogens (tertiary/aromatic N) is 1. The molecule has 0 N–H and O–H groups in total. The SMILES string of the molecule is COC(=O)Cc1cccc(C=C[N+](=O)[O-])c1. The van der Waals surface area contributed by atoms with Crippen LogP contribution in [0.5, 0.6) is 0 Å². The number of methoxy groups -OCH3 is 1. The largest absolute Gasteiger partial charge is 0.469 e. The van der Waals surface area contributed by atoms with Crippen LogP contribution in [0.25, 0.3) is 6.08 Å². The van der Waals surface area contributed by atoms with Gasteiger partial charge in [-0.1, -0.05) is 24.3 Å². The smallest absolute Gasteiger partial charge is 0.309 e. The fourth-order valence-electron chi connectivity index (χ4n) is 1.19. The van der Waals surface area contributed by atoms with Gasteiger partial charge in [-0.25, -0.2) is 0 Å². The summed E-state index contributed by atoms with van der Waals surface area (Å²) in [6.45, 7) is 0. The lowest BCUT2D eigenvalue weighted by Gasteiger charge is -2.00. The molecule has 0 fully saturated rings. The highest BCUT2D eigenvalue weighted by molar-refractivity contribution is 5.72. The molecule has 0 radical (unpaired) electrons. The Kier molecular flexibility index (Phi) is 4.20. The normalized spacial score (nSPS) is 10.3. The van der Waals surface area contributed by atoms with Crippen molar-refractivity contribution in [1.29, 1.82) is 0 Å². The Morgan fingerprint density at radius 1 is 1.56 bits per heavy atom. The van der Waals surface area contributed by atoms with Crippen molar-refractivity contribution >= 4 is 12.0 Å². The van der Waals surface area contributed by atoms with E-state index >= 15 is 0 Å². The van der Waals surface area contributed by atoms with E-state index in [0.717, 1.165) is 11.8 Å². The predicted octanol–water partition coefficient (Wildman–Crippen LogP) is 1.65. The van der Waals surface area contributed by atoms with Crippen LogP contribution in [-0.2, 0) is 16.0 Å². The highest BCUT2D eigenvalue weighted by atomic mass is 16.6. The number of ether oxygens (including phenoxy) is 1. The van der Waals surface area contributed by atoms with Crippen molar-refractivity contribution in [3.8, 4) is 0 Å². The van der Waals surface area contributed by atoms with Crippen molar-refractivity contribution in [2.75, 3.05) is 7.11 Å². The van der Waals surface area contributed by atoms with Gasteiger partial charge in [-0.15, -0.1) is 0 Å². The van der Waals surface area contributed by atoms with Gasteiger partial charge in [0.2, 0.25) is 6.20 Å². The lowest BCUT2D eigenvalue weighted by Crippen LogP contribution is -2.04. The van der Waals surface area contributed by atoms with Crippen LogP contribution >= 0.6 is 0 Å². The summed E-state index contributed by atoms with van der Waals surface area (Å²) in [6, 6.07) is 6.93. The van der Waals surface area contributed by atoms with Crippen LogP contribution in [0.1, 0.15) is 11.1 Å². The standard InChI is InChI=1S/C11H11NO4/c1-16-11(13)8-10-4-2-3-9(7-10)5-6-12(14)15/h2-7H,8H2,1H3. The fourth-order valence-corrected chi connectivity index (χ4v) is 1.19. The minimum atomic E-state index is -0.535. The molecule has 0 amide bonds. The Hall–Kier alpha value is -2.17. The third-order valence-corrected chi connectivity index (χ3v) is 1.92. The van der Waals surface area contributed by atoms with Gasteiger partial charge in [0.05, 0.1) is 18.5 Å². The number of esters is 1. The minimum absolute atomic E-state index is 0.163. The van der Waals surface area contributed by atoms with E-state index in [2.05, 4.69) is 4.74 Å². The topological polar surface area (TPSA) is 69.4 Å². The van der Waals surface area contributed by atoms with Gasteiger partial charge in [-0.2, -0.15) is 0 Å². The third-order valence-electron chi connectivity index (χ3n) is 1.92. The molecule has 84 valence electrons. The average Bonchev–Trinajstić information content (AvgIpc) is 2.26. The van der Waals surface area contributed by atoms with Crippen LogP contribution in [0.4, 0.5) is 0 Å². The summed E-state index contributed by atoms with van der Waals surface area (Å²) in [4.78, 5) is 20.6. The Bertz CT molecular complexity index is 426. The Labute approximate surface area is 92.5 Å². The highest BCUT2D eigenvalue weighted by Crippen LogP contribution is 2.08. The number of hydrogen-bond donors (Lipinski definition) is 0. The van der Waals surface area contributed by atoms with E-state index in [4.69, 9.17) is 0 Å². The van der Waals surface area contributed by atoms with E-state index in [0.29, 0.717) is 5.56 Å². The summed E-state index contributed by atoms with van der Waals surface area (Å²) in [5.41, 5.74) is 1.44. The van der Waals surface area contributed by atoms with Gasteiger partial charge in [0.25, 0.3) is 0 Å². The molecule has 1 aromatic carbocycles. The van der Waals surface area contributed by atoms with Gasteiger partial charge >= 0.3 is 5.97 Å². The summed E-state index contributed by atoms with van der Waals surface area (Å²) < 4.78 is 4.53.